The molecule has 3 heteroatoms. The highest BCUT2D eigenvalue weighted by molar-refractivity contribution is 4.97. The predicted molar refractivity (Wildman–Crippen MR) is 66.4 cm³/mol. The monoisotopic (exact) mass is 226 g/mol. The summed E-state index contributed by atoms with van der Waals surface area (Å²) in [7, 11) is 0. The molecule has 0 amide bonds. The van der Waals surface area contributed by atoms with Crippen LogP contribution in [-0.2, 0) is 4.74 Å². The van der Waals surface area contributed by atoms with E-state index >= 15 is 0 Å². The van der Waals surface area contributed by atoms with E-state index in [9.17, 15) is 0 Å². The van der Waals surface area contributed by atoms with Gasteiger partial charge >= 0.3 is 0 Å². The summed E-state index contributed by atoms with van der Waals surface area (Å²) < 4.78 is 5.46. The first-order valence-electron chi connectivity index (χ1n) is 6.71. The molecule has 0 bridgehead atoms. The second-order valence-electron chi connectivity index (χ2n) is 5.85. The van der Waals surface area contributed by atoms with Crippen LogP contribution in [0.15, 0.2) is 0 Å². The molecule has 2 heterocycles. The Labute approximate surface area is 99.3 Å². The minimum atomic E-state index is 0.124. The smallest absolute Gasteiger partial charge is 0.0510 e. The van der Waals surface area contributed by atoms with Crippen LogP contribution in [0.2, 0.25) is 0 Å². The lowest BCUT2D eigenvalue weighted by molar-refractivity contribution is 0.0511. The third-order valence-electron chi connectivity index (χ3n) is 4.46. The summed E-state index contributed by atoms with van der Waals surface area (Å²) >= 11 is 0. The first-order valence-corrected chi connectivity index (χ1v) is 6.71. The van der Waals surface area contributed by atoms with Gasteiger partial charge in [0.05, 0.1) is 6.61 Å². The quantitative estimate of drug-likeness (QED) is 0.794. The summed E-state index contributed by atoms with van der Waals surface area (Å²) in [6.07, 6.45) is 5.18. The highest BCUT2D eigenvalue weighted by atomic mass is 16.5. The van der Waals surface area contributed by atoms with Crippen LogP contribution >= 0.6 is 0 Å². The van der Waals surface area contributed by atoms with Gasteiger partial charge in [0.15, 0.2) is 0 Å². The molecule has 16 heavy (non-hydrogen) atoms. The molecule has 0 aromatic heterocycles. The van der Waals surface area contributed by atoms with Crippen LogP contribution < -0.4 is 5.73 Å². The molecule has 2 rings (SSSR count). The van der Waals surface area contributed by atoms with Crippen molar-refractivity contribution in [2.45, 2.75) is 51.1 Å². The highest BCUT2D eigenvalue weighted by Crippen LogP contribution is 2.29. The molecule has 0 saturated carbocycles. The van der Waals surface area contributed by atoms with Gasteiger partial charge in [-0.3, -0.25) is 4.90 Å². The molecule has 2 N–H and O–H groups in total. The van der Waals surface area contributed by atoms with E-state index in [-0.39, 0.29) is 11.6 Å². The van der Waals surface area contributed by atoms with Crippen LogP contribution in [0, 0.1) is 5.92 Å². The Morgan fingerprint density at radius 2 is 1.94 bits per heavy atom. The maximum Gasteiger partial charge on any atom is 0.0510 e. The van der Waals surface area contributed by atoms with Gasteiger partial charge in [-0.25, -0.2) is 0 Å². The van der Waals surface area contributed by atoms with Crippen molar-refractivity contribution in [3.8, 4) is 0 Å². The Morgan fingerprint density at radius 1 is 1.25 bits per heavy atom. The van der Waals surface area contributed by atoms with Gasteiger partial charge in [0.2, 0.25) is 0 Å². The normalized spacial score (nSPS) is 30.6. The lowest BCUT2D eigenvalue weighted by atomic mass is 9.82. The number of hydrogen-bond donors (Lipinski definition) is 1. The van der Waals surface area contributed by atoms with Crippen molar-refractivity contribution in [2.24, 2.45) is 11.7 Å². The van der Waals surface area contributed by atoms with Crippen LogP contribution in [0.3, 0.4) is 0 Å². The lowest BCUT2D eigenvalue weighted by Gasteiger charge is -2.46. The number of piperidine rings is 1. The first kappa shape index (κ1) is 12.3. The van der Waals surface area contributed by atoms with Crippen LogP contribution in [-0.4, -0.2) is 42.8 Å². The fourth-order valence-corrected chi connectivity index (χ4v) is 3.09. The molecule has 2 atom stereocenters. The summed E-state index contributed by atoms with van der Waals surface area (Å²) in [5.41, 5.74) is 6.59. The Bertz CT molecular complexity index is 218. The third-order valence-corrected chi connectivity index (χ3v) is 4.46. The molecule has 0 spiro atoms. The van der Waals surface area contributed by atoms with Crippen LogP contribution in [0.4, 0.5) is 0 Å². The van der Waals surface area contributed by atoms with Gasteiger partial charge in [-0.05, 0) is 46.2 Å². The number of hydrogen-bond acceptors (Lipinski definition) is 3. The number of ether oxygens (including phenoxy) is 1. The Balaban J connectivity index is 1.98. The second-order valence-corrected chi connectivity index (χ2v) is 5.85. The largest absolute Gasteiger partial charge is 0.381 e. The van der Waals surface area contributed by atoms with Crippen molar-refractivity contribution >= 4 is 0 Å². The minimum absolute atomic E-state index is 0.124. The maximum atomic E-state index is 6.47. The summed E-state index contributed by atoms with van der Waals surface area (Å²) in [5, 5.41) is 0. The van der Waals surface area contributed by atoms with E-state index in [1.165, 1.54) is 32.4 Å². The fraction of sp³-hybridized carbons (Fsp3) is 1.00. The molecule has 0 radical (unpaired) electrons. The van der Waals surface area contributed by atoms with E-state index in [0.717, 1.165) is 19.6 Å². The van der Waals surface area contributed by atoms with Crippen molar-refractivity contribution in [1.29, 1.82) is 0 Å². The van der Waals surface area contributed by atoms with E-state index in [4.69, 9.17) is 10.5 Å². The average molecular weight is 226 g/mol. The van der Waals surface area contributed by atoms with E-state index < -0.39 is 0 Å². The summed E-state index contributed by atoms with van der Waals surface area (Å²) in [6, 6.07) is 0.244. The van der Waals surface area contributed by atoms with Gasteiger partial charge in [-0.2, -0.15) is 0 Å². The predicted octanol–water partition coefficient (Wildman–Crippen LogP) is 1.61. The average Bonchev–Trinajstić information content (AvgIpc) is 2.82. The van der Waals surface area contributed by atoms with Crippen LogP contribution in [0.25, 0.3) is 0 Å². The zero-order valence-electron chi connectivity index (χ0n) is 10.7. The zero-order chi connectivity index (χ0) is 11.6. The SMILES string of the molecule is CC(C)(C(N)C1CCOC1)N1CCCCC1. The fourth-order valence-electron chi connectivity index (χ4n) is 3.09. The van der Waals surface area contributed by atoms with Crippen molar-refractivity contribution in [1.82, 2.24) is 4.90 Å². The topological polar surface area (TPSA) is 38.5 Å². The van der Waals surface area contributed by atoms with Gasteiger partial charge < -0.3 is 10.5 Å². The van der Waals surface area contributed by atoms with Crippen LogP contribution in [0.5, 0.6) is 0 Å². The molecule has 0 aromatic carbocycles. The number of nitrogens with two attached hydrogens (primary N) is 1. The van der Waals surface area contributed by atoms with Gasteiger partial charge in [-0.1, -0.05) is 6.42 Å². The van der Waals surface area contributed by atoms with Crippen molar-refractivity contribution in [2.75, 3.05) is 26.3 Å². The van der Waals surface area contributed by atoms with Gasteiger partial charge in [0.25, 0.3) is 0 Å². The van der Waals surface area contributed by atoms with Gasteiger partial charge in [0, 0.05) is 24.1 Å². The molecular weight excluding hydrogens is 200 g/mol. The van der Waals surface area contributed by atoms with Crippen LogP contribution in [0.1, 0.15) is 39.5 Å². The first-order chi connectivity index (χ1) is 7.62. The van der Waals surface area contributed by atoms with E-state index in [2.05, 4.69) is 18.7 Å². The molecule has 94 valence electrons. The highest BCUT2D eigenvalue weighted by Gasteiger charge is 2.39. The van der Waals surface area contributed by atoms with E-state index in [0.29, 0.717) is 5.92 Å². The second kappa shape index (κ2) is 5.03. The molecule has 3 nitrogen and oxygen atoms in total. The number of nitrogens with zero attached hydrogens (tertiary/aromatic N) is 1. The molecule has 2 aliphatic heterocycles. The standard InChI is InChI=1S/C13H26N2O/c1-13(2,15-7-4-3-5-8-15)12(14)11-6-9-16-10-11/h11-12H,3-10,14H2,1-2H3. The van der Waals surface area contributed by atoms with Gasteiger partial charge in [0.1, 0.15) is 0 Å². The molecule has 2 unspecified atom stereocenters. The Hall–Kier alpha value is -0.120. The number of likely N-dealkylation sites (tertiary alicyclic amines) is 1. The van der Waals surface area contributed by atoms with Crippen molar-refractivity contribution < 1.29 is 4.74 Å². The van der Waals surface area contributed by atoms with E-state index in [1.54, 1.807) is 0 Å². The molecule has 2 aliphatic rings. The molecular formula is C13H26N2O. The zero-order valence-corrected chi connectivity index (χ0v) is 10.7. The van der Waals surface area contributed by atoms with Crippen molar-refractivity contribution in [3.63, 3.8) is 0 Å². The van der Waals surface area contributed by atoms with Crippen molar-refractivity contribution in [3.05, 3.63) is 0 Å². The summed E-state index contributed by atoms with van der Waals surface area (Å²) in [5.74, 6) is 0.553. The van der Waals surface area contributed by atoms with Gasteiger partial charge in [-0.15, -0.1) is 0 Å². The van der Waals surface area contributed by atoms with E-state index in [1.807, 2.05) is 0 Å². The molecule has 2 fully saturated rings. The third kappa shape index (κ3) is 2.41. The summed E-state index contributed by atoms with van der Waals surface area (Å²) in [4.78, 5) is 2.58. The Morgan fingerprint density at radius 3 is 2.50 bits per heavy atom. The maximum absolute atomic E-state index is 6.47. The summed E-state index contributed by atoms with van der Waals surface area (Å²) in [6.45, 7) is 8.80. The molecule has 0 aliphatic carbocycles. The Kier molecular flexibility index (Phi) is 3.88. The molecule has 2 saturated heterocycles. The lowest BCUT2D eigenvalue weighted by Crippen LogP contribution is -2.60. The molecule has 0 aromatic rings. The minimum Gasteiger partial charge on any atom is -0.381 e. The number of rotatable bonds is 3.